The van der Waals surface area contributed by atoms with Crippen molar-refractivity contribution < 1.29 is 17.9 Å². The molecule has 2 aromatic carbocycles. The van der Waals surface area contributed by atoms with Crippen molar-refractivity contribution in [3.63, 3.8) is 0 Å². The summed E-state index contributed by atoms with van der Waals surface area (Å²) in [4.78, 5) is 26.1. The minimum atomic E-state index is -3.94. The second kappa shape index (κ2) is 10.2. The number of ether oxygens (including phenoxy) is 1. The van der Waals surface area contributed by atoms with Crippen LogP contribution in [0, 0.1) is 6.92 Å². The highest BCUT2D eigenvalue weighted by Crippen LogP contribution is 2.38. The van der Waals surface area contributed by atoms with Crippen LogP contribution in [0.3, 0.4) is 0 Å². The number of carbonyl (C=O) groups is 1. The first-order valence-corrected chi connectivity index (χ1v) is 14.8. The van der Waals surface area contributed by atoms with E-state index in [0.29, 0.717) is 29.9 Å². The average molecular weight is 562 g/mol. The molecule has 1 unspecified atom stereocenters. The molecule has 2 aromatic heterocycles. The van der Waals surface area contributed by atoms with Crippen molar-refractivity contribution in [2.45, 2.75) is 64.1 Å². The summed E-state index contributed by atoms with van der Waals surface area (Å²) in [5, 5.41) is 0.647. The van der Waals surface area contributed by atoms with Gasteiger partial charge in [0.15, 0.2) is 5.65 Å². The number of hydrogen-bond donors (Lipinski definition) is 0. The monoisotopic (exact) mass is 561 g/mol. The molecule has 9 nitrogen and oxygen atoms in total. The highest BCUT2D eigenvalue weighted by atomic mass is 32.2. The molecule has 1 aliphatic rings. The summed E-state index contributed by atoms with van der Waals surface area (Å²) in [6, 6.07) is 16.2. The van der Waals surface area contributed by atoms with Crippen molar-refractivity contribution in [1.29, 1.82) is 0 Å². The van der Waals surface area contributed by atoms with Crippen LogP contribution in [-0.2, 0) is 14.8 Å². The third kappa shape index (κ3) is 5.15. The molecule has 0 bridgehead atoms. The van der Waals surface area contributed by atoms with Gasteiger partial charge in [-0.2, -0.15) is 0 Å². The first kappa shape index (κ1) is 27.6. The van der Waals surface area contributed by atoms with Gasteiger partial charge in [0, 0.05) is 36.9 Å². The molecule has 10 heteroatoms. The molecule has 0 spiro atoms. The van der Waals surface area contributed by atoms with Crippen molar-refractivity contribution >= 4 is 33.0 Å². The lowest BCUT2D eigenvalue weighted by molar-refractivity contribution is 0.0130. The third-order valence-electron chi connectivity index (χ3n) is 7.08. The zero-order valence-corrected chi connectivity index (χ0v) is 24.5. The highest BCUT2D eigenvalue weighted by molar-refractivity contribution is 7.90. The van der Waals surface area contributed by atoms with Gasteiger partial charge in [0.25, 0.3) is 10.0 Å². The molecule has 0 aliphatic carbocycles. The Labute approximate surface area is 235 Å². The Morgan fingerprint density at radius 1 is 0.950 bits per heavy atom. The number of benzene rings is 2. The molecular weight excluding hydrogens is 526 g/mol. The number of amides is 1. The summed E-state index contributed by atoms with van der Waals surface area (Å²) in [6.07, 6.45) is 2.70. The summed E-state index contributed by atoms with van der Waals surface area (Å²) < 4.78 is 34.6. The number of hydrogen-bond acceptors (Lipinski definition) is 7. The number of anilines is 1. The van der Waals surface area contributed by atoms with Gasteiger partial charge in [0.1, 0.15) is 17.7 Å². The van der Waals surface area contributed by atoms with Crippen LogP contribution < -0.4 is 4.90 Å². The Morgan fingerprint density at radius 2 is 1.62 bits per heavy atom. The van der Waals surface area contributed by atoms with Crippen LogP contribution in [0.1, 0.15) is 40.2 Å². The Hall–Kier alpha value is -3.92. The molecule has 0 saturated carbocycles. The van der Waals surface area contributed by atoms with Crippen molar-refractivity contribution in [3.8, 4) is 11.1 Å². The van der Waals surface area contributed by atoms with E-state index in [1.54, 1.807) is 35.4 Å². The SMILES string of the molecule is Cc1ccc(S(=O)(=O)n2cc(-c3ccccc3)c3c(N4C[C@H](C)N(C(=O)OC(C)(C)C)CC4C)ncnc32)cc1. The predicted molar refractivity (Wildman–Crippen MR) is 156 cm³/mol. The van der Waals surface area contributed by atoms with E-state index >= 15 is 0 Å². The fourth-order valence-corrected chi connectivity index (χ4v) is 6.39. The molecule has 210 valence electrons. The van der Waals surface area contributed by atoms with E-state index in [9.17, 15) is 13.2 Å². The van der Waals surface area contributed by atoms with Gasteiger partial charge in [-0.3, -0.25) is 0 Å². The minimum Gasteiger partial charge on any atom is -0.444 e. The van der Waals surface area contributed by atoms with Gasteiger partial charge in [-0.15, -0.1) is 0 Å². The second-order valence-electron chi connectivity index (χ2n) is 11.4. The van der Waals surface area contributed by atoms with Gasteiger partial charge in [-0.25, -0.2) is 27.2 Å². The quantitative estimate of drug-likeness (QED) is 0.326. The molecule has 4 aromatic rings. The van der Waals surface area contributed by atoms with Crippen molar-refractivity contribution in [2.75, 3.05) is 18.0 Å². The van der Waals surface area contributed by atoms with E-state index in [0.717, 1.165) is 16.7 Å². The topological polar surface area (TPSA) is 97.6 Å². The number of rotatable bonds is 4. The maximum Gasteiger partial charge on any atom is 0.410 e. The van der Waals surface area contributed by atoms with Crippen LogP contribution in [-0.4, -0.2) is 64.1 Å². The fourth-order valence-electron chi connectivity index (χ4n) is 5.08. The van der Waals surface area contributed by atoms with Crippen LogP contribution in [0.15, 0.2) is 72.0 Å². The first-order chi connectivity index (χ1) is 18.9. The van der Waals surface area contributed by atoms with E-state index in [2.05, 4.69) is 14.9 Å². The molecule has 40 heavy (non-hydrogen) atoms. The summed E-state index contributed by atoms with van der Waals surface area (Å²) in [7, 11) is -3.94. The molecule has 5 rings (SSSR count). The number of carbonyl (C=O) groups excluding carboxylic acids is 1. The van der Waals surface area contributed by atoms with Crippen LogP contribution in [0.5, 0.6) is 0 Å². The zero-order chi connectivity index (χ0) is 28.8. The van der Waals surface area contributed by atoms with Gasteiger partial charge in [-0.05, 0) is 59.2 Å². The number of piperazine rings is 1. The van der Waals surface area contributed by atoms with Gasteiger partial charge in [-0.1, -0.05) is 48.0 Å². The Bertz CT molecular complexity index is 1640. The molecule has 0 N–H and O–H groups in total. The maximum atomic E-state index is 13.9. The summed E-state index contributed by atoms with van der Waals surface area (Å²) in [5.41, 5.74) is 2.26. The smallest absolute Gasteiger partial charge is 0.410 e. The zero-order valence-electron chi connectivity index (χ0n) is 23.7. The molecule has 2 atom stereocenters. The minimum absolute atomic E-state index is 0.109. The number of fused-ring (bicyclic) bond motifs is 1. The number of aromatic nitrogens is 3. The molecule has 0 radical (unpaired) electrons. The molecule has 1 saturated heterocycles. The van der Waals surface area contributed by atoms with E-state index < -0.39 is 15.6 Å². The normalized spacial score (nSPS) is 18.2. The Kier molecular flexibility index (Phi) is 7.08. The fraction of sp³-hybridized carbons (Fsp3) is 0.367. The molecular formula is C30H35N5O4S. The van der Waals surface area contributed by atoms with E-state index in [1.165, 1.54) is 10.3 Å². The summed E-state index contributed by atoms with van der Waals surface area (Å²) in [6.45, 7) is 12.4. The van der Waals surface area contributed by atoms with Gasteiger partial charge >= 0.3 is 6.09 Å². The van der Waals surface area contributed by atoms with Crippen LogP contribution in [0.25, 0.3) is 22.2 Å². The van der Waals surface area contributed by atoms with E-state index in [4.69, 9.17) is 4.74 Å². The van der Waals surface area contributed by atoms with Crippen molar-refractivity contribution in [2.24, 2.45) is 0 Å². The lowest BCUT2D eigenvalue weighted by Gasteiger charge is -2.44. The van der Waals surface area contributed by atoms with E-state index in [1.807, 2.05) is 71.9 Å². The standard InChI is InChI=1S/C30H35N5O4S/c1-20-12-14-24(15-13-20)40(37,38)35-18-25(23-10-8-7-9-11-23)26-27(31-19-32-28(26)35)33-16-22(3)34(17-21(33)2)29(36)39-30(4,5)6/h7-15,18-19,21-22H,16-17H2,1-6H3/t21?,22-/m0/s1. The predicted octanol–water partition coefficient (Wildman–Crippen LogP) is 5.48. The molecule has 3 heterocycles. The Balaban J connectivity index is 1.63. The summed E-state index contributed by atoms with van der Waals surface area (Å²) >= 11 is 0. The molecule has 1 amide bonds. The Morgan fingerprint density at radius 3 is 2.27 bits per heavy atom. The van der Waals surface area contributed by atoms with Gasteiger partial charge in [0.2, 0.25) is 0 Å². The van der Waals surface area contributed by atoms with E-state index in [-0.39, 0.29) is 23.1 Å². The molecule has 1 aliphatic heterocycles. The first-order valence-electron chi connectivity index (χ1n) is 13.4. The lowest BCUT2D eigenvalue weighted by atomic mass is 10.0. The van der Waals surface area contributed by atoms with Gasteiger partial charge < -0.3 is 14.5 Å². The van der Waals surface area contributed by atoms with Crippen LogP contribution in [0.4, 0.5) is 10.6 Å². The van der Waals surface area contributed by atoms with Gasteiger partial charge in [0.05, 0.1) is 10.3 Å². The van der Waals surface area contributed by atoms with Crippen molar-refractivity contribution in [1.82, 2.24) is 18.8 Å². The summed E-state index contributed by atoms with van der Waals surface area (Å²) in [5.74, 6) is 0.630. The largest absolute Gasteiger partial charge is 0.444 e. The second-order valence-corrected chi connectivity index (χ2v) is 13.2. The molecule has 1 fully saturated rings. The number of aryl methyl sites for hydroxylation is 1. The van der Waals surface area contributed by atoms with Crippen molar-refractivity contribution in [3.05, 3.63) is 72.7 Å². The van der Waals surface area contributed by atoms with Crippen LogP contribution >= 0.6 is 0 Å². The average Bonchev–Trinajstić information content (AvgIpc) is 3.30. The van der Waals surface area contributed by atoms with Crippen LogP contribution in [0.2, 0.25) is 0 Å². The lowest BCUT2D eigenvalue weighted by Crippen LogP contribution is -2.59. The third-order valence-corrected chi connectivity index (χ3v) is 8.74. The highest BCUT2D eigenvalue weighted by Gasteiger charge is 2.37. The number of nitrogens with zero attached hydrogens (tertiary/aromatic N) is 5. The maximum absolute atomic E-state index is 13.9.